The second-order valence-corrected chi connectivity index (χ2v) is 6.98. The van der Waals surface area contributed by atoms with Gasteiger partial charge in [0.15, 0.2) is 0 Å². The molecule has 140 valence electrons. The van der Waals surface area contributed by atoms with Gasteiger partial charge in [0.25, 0.3) is 0 Å². The van der Waals surface area contributed by atoms with E-state index in [9.17, 15) is 0 Å². The molecular formula is C24H26Cl2Ti. The number of hydrogen-bond acceptors (Lipinski definition) is 0. The van der Waals surface area contributed by atoms with Crippen LogP contribution in [0.2, 0.25) is 0 Å². The summed E-state index contributed by atoms with van der Waals surface area (Å²) in [6, 6.07) is 17.5. The molecule has 0 aliphatic carbocycles. The van der Waals surface area contributed by atoms with E-state index in [-0.39, 0.29) is 46.5 Å². The molecule has 0 saturated carbocycles. The summed E-state index contributed by atoms with van der Waals surface area (Å²) in [4.78, 5) is 0. The summed E-state index contributed by atoms with van der Waals surface area (Å²) in [5.41, 5.74) is 8.45. The standard InChI is InChI=1S/2C12H13.2ClH.Ti/c2*1-8-5-4-6-11-7-9(2)10(3)12(8)11;;;/h2*4-7H,1-3H3;2*1H;/q2*-1;;;+4/p-2. The van der Waals surface area contributed by atoms with Crippen molar-refractivity contribution in [3.05, 3.63) is 81.9 Å². The molecule has 0 spiro atoms. The van der Waals surface area contributed by atoms with Crippen LogP contribution in [0.3, 0.4) is 0 Å². The first kappa shape index (κ1) is 26.0. The Balaban J connectivity index is 0.000000451. The van der Waals surface area contributed by atoms with Crippen LogP contribution in [0.5, 0.6) is 0 Å². The van der Waals surface area contributed by atoms with E-state index in [4.69, 9.17) is 0 Å². The topological polar surface area (TPSA) is 0 Å². The number of halogens is 2. The van der Waals surface area contributed by atoms with E-state index in [0.29, 0.717) is 0 Å². The Morgan fingerprint density at radius 3 is 1.19 bits per heavy atom. The third-order valence-electron chi connectivity index (χ3n) is 5.29. The molecule has 4 aromatic carbocycles. The van der Waals surface area contributed by atoms with Gasteiger partial charge in [-0.2, -0.15) is 11.1 Å². The molecule has 0 heterocycles. The summed E-state index contributed by atoms with van der Waals surface area (Å²) >= 11 is 0. The Kier molecular flexibility index (Phi) is 10.1. The molecule has 0 bridgehead atoms. The minimum absolute atomic E-state index is 0. The van der Waals surface area contributed by atoms with Crippen molar-refractivity contribution in [3.8, 4) is 0 Å². The van der Waals surface area contributed by atoms with Gasteiger partial charge in [0.2, 0.25) is 0 Å². The minimum atomic E-state index is 0. The Hall–Kier alpha value is -1.05. The molecule has 0 saturated heterocycles. The Labute approximate surface area is 190 Å². The largest absolute Gasteiger partial charge is 4.00 e. The molecule has 0 amide bonds. The fourth-order valence-corrected chi connectivity index (χ4v) is 3.72. The zero-order chi connectivity index (χ0) is 17.4. The van der Waals surface area contributed by atoms with Crippen molar-refractivity contribution in [2.45, 2.75) is 41.5 Å². The Bertz CT molecular complexity index is 938. The van der Waals surface area contributed by atoms with Crippen LogP contribution in [0.4, 0.5) is 0 Å². The van der Waals surface area contributed by atoms with Crippen LogP contribution in [-0.4, -0.2) is 0 Å². The second kappa shape index (κ2) is 10.5. The summed E-state index contributed by atoms with van der Waals surface area (Å²) in [5.74, 6) is 0. The van der Waals surface area contributed by atoms with Crippen molar-refractivity contribution in [1.82, 2.24) is 0 Å². The van der Waals surface area contributed by atoms with Crippen molar-refractivity contribution < 1.29 is 46.5 Å². The normalized spacial score (nSPS) is 9.70. The van der Waals surface area contributed by atoms with E-state index < -0.39 is 0 Å². The molecule has 0 unspecified atom stereocenters. The second-order valence-electron chi connectivity index (χ2n) is 6.98. The average Bonchev–Trinajstić information content (AvgIpc) is 2.99. The fraction of sp³-hybridized carbons (Fsp3) is 0.250. The summed E-state index contributed by atoms with van der Waals surface area (Å²) in [6.45, 7) is 13.1. The van der Waals surface area contributed by atoms with Gasteiger partial charge >= 0.3 is 21.7 Å². The third-order valence-corrected chi connectivity index (χ3v) is 5.29. The Morgan fingerprint density at radius 2 is 0.889 bits per heavy atom. The van der Waals surface area contributed by atoms with Gasteiger partial charge in [0.05, 0.1) is 0 Å². The van der Waals surface area contributed by atoms with Crippen molar-refractivity contribution in [1.29, 1.82) is 0 Å². The molecule has 0 aliphatic rings. The van der Waals surface area contributed by atoms with Crippen LogP contribution < -0.4 is 24.8 Å². The van der Waals surface area contributed by atoms with Crippen LogP contribution in [0.25, 0.3) is 21.5 Å². The van der Waals surface area contributed by atoms with Crippen molar-refractivity contribution in [2.75, 3.05) is 0 Å². The molecule has 4 rings (SSSR count). The molecule has 0 fully saturated rings. The molecule has 4 aromatic rings. The number of benzene rings is 2. The van der Waals surface area contributed by atoms with E-state index in [1.54, 1.807) is 0 Å². The maximum absolute atomic E-state index is 2.26. The first-order chi connectivity index (χ1) is 11.4. The quantitative estimate of drug-likeness (QED) is 0.287. The van der Waals surface area contributed by atoms with Crippen LogP contribution >= 0.6 is 0 Å². The molecule has 0 atom stereocenters. The number of hydrogen-bond donors (Lipinski definition) is 0. The summed E-state index contributed by atoms with van der Waals surface area (Å²) in [6.07, 6.45) is 0. The predicted octanol–water partition coefficient (Wildman–Crippen LogP) is 0.973. The number of rotatable bonds is 0. The fourth-order valence-electron chi connectivity index (χ4n) is 3.72. The number of fused-ring (bicyclic) bond motifs is 2. The van der Waals surface area contributed by atoms with Gasteiger partial charge in [-0.05, 0) is 13.8 Å². The van der Waals surface area contributed by atoms with Crippen molar-refractivity contribution in [3.63, 3.8) is 0 Å². The van der Waals surface area contributed by atoms with E-state index in [0.717, 1.165) is 0 Å². The van der Waals surface area contributed by atoms with E-state index in [1.807, 2.05) is 0 Å². The van der Waals surface area contributed by atoms with Gasteiger partial charge < -0.3 is 24.8 Å². The van der Waals surface area contributed by atoms with Gasteiger partial charge in [-0.15, -0.1) is 69.1 Å². The summed E-state index contributed by atoms with van der Waals surface area (Å²) in [7, 11) is 0. The molecular weight excluding hydrogens is 407 g/mol. The van der Waals surface area contributed by atoms with Crippen LogP contribution in [0.1, 0.15) is 33.4 Å². The molecule has 27 heavy (non-hydrogen) atoms. The van der Waals surface area contributed by atoms with Crippen LogP contribution in [-0.2, 0) is 21.7 Å². The first-order valence-electron chi connectivity index (χ1n) is 8.64. The summed E-state index contributed by atoms with van der Waals surface area (Å²) < 4.78 is 0. The van der Waals surface area contributed by atoms with Gasteiger partial charge in [-0.3, -0.25) is 0 Å². The van der Waals surface area contributed by atoms with Gasteiger partial charge in [-0.25, -0.2) is 0 Å². The predicted molar refractivity (Wildman–Crippen MR) is 108 cm³/mol. The maximum atomic E-state index is 2.26. The van der Waals surface area contributed by atoms with E-state index in [2.05, 4.69) is 90.1 Å². The van der Waals surface area contributed by atoms with Gasteiger partial charge in [-0.1, -0.05) is 51.0 Å². The average molecular weight is 433 g/mol. The van der Waals surface area contributed by atoms with Crippen LogP contribution in [0.15, 0.2) is 48.5 Å². The van der Waals surface area contributed by atoms with Crippen molar-refractivity contribution >= 4 is 21.5 Å². The molecule has 0 nitrogen and oxygen atoms in total. The zero-order valence-corrected chi connectivity index (χ0v) is 19.9. The smallest absolute Gasteiger partial charge is 1.00 e. The first-order valence-corrected chi connectivity index (χ1v) is 8.64. The molecule has 3 heteroatoms. The Morgan fingerprint density at radius 1 is 0.556 bits per heavy atom. The van der Waals surface area contributed by atoms with Gasteiger partial charge in [0.1, 0.15) is 0 Å². The zero-order valence-electron chi connectivity index (χ0n) is 16.9. The molecule has 0 radical (unpaired) electrons. The maximum Gasteiger partial charge on any atom is 4.00 e. The molecule has 0 aromatic heterocycles. The monoisotopic (exact) mass is 432 g/mol. The van der Waals surface area contributed by atoms with E-state index in [1.165, 1.54) is 54.9 Å². The van der Waals surface area contributed by atoms with Crippen LogP contribution in [0, 0.1) is 41.5 Å². The van der Waals surface area contributed by atoms with E-state index >= 15 is 0 Å². The summed E-state index contributed by atoms with van der Waals surface area (Å²) in [5, 5.41) is 5.64. The third kappa shape index (κ3) is 5.06. The molecule has 0 aliphatic heterocycles. The number of aryl methyl sites for hydroxylation is 6. The molecule has 0 N–H and O–H groups in total. The minimum Gasteiger partial charge on any atom is -1.00 e. The SMILES string of the molecule is Cc1[cH-]c2cccc(C)c2c1C.Cc1[cH-]c2cccc(C)c2c1C.[Cl-].[Cl-].[Ti+4]. The van der Waals surface area contributed by atoms with Crippen molar-refractivity contribution in [2.24, 2.45) is 0 Å². The van der Waals surface area contributed by atoms with Gasteiger partial charge in [0, 0.05) is 0 Å².